The highest BCUT2D eigenvalue weighted by molar-refractivity contribution is 5.76. The lowest BCUT2D eigenvalue weighted by molar-refractivity contribution is -0.122. The molecule has 0 bridgehead atoms. The van der Waals surface area contributed by atoms with Crippen molar-refractivity contribution in [1.29, 1.82) is 0 Å². The van der Waals surface area contributed by atoms with Gasteiger partial charge in [0.1, 0.15) is 6.54 Å². The molecule has 7 nitrogen and oxygen atoms in total. The predicted molar refractivity (Wildman–Crippen MR) is 90.2 cm³/mol. The lowest BCUT2D eigenvalue weighted by Gasteiger charge is -2.19. The zero-order valence-electron chi connectivity index (χ0n) is 14.4. The van der Waals surface area contributed by atoms with Crippen molar-refractivity contribution in [3.8, 4) is 0 Å². The highest BCUT2D eigenvalue weighted by Crippen LogP contribution is 2.40. The maximum Gasteiger partial charge on any atom is 0.242 e. The first-order valence-corrected chi connectivity index (χ1v) is 8.34. The summed E-state index contributed by atoms with van der Waals surface area (Å²) in [6, 6.07) is 10.9. The van der Waals surface area contributed by atoms with Crippen molar-refractivity contribution in [2.75, 3.05) is 7.05 Å². The molecular formula is C17H24N6O. The van der Waals surface area contributed by atoms with Gasteiger partial charge >= 0.3 is 0 Å². The summed E-state index contributed by atoms with van der Waals surface area (Å²) in [5, 5.41) is 14.7. The van der Waals surface area contributed by atoms with Crippen LogP contribution < -0.4 is 5.32 Å². The summed E-state index contributed by atoms with van der Waals surface area (Å²) >= 11 is 0. The quantitative estimate of drug-likeness (QED) is 0.826. The van der Waals surface area contributed by atoms with Crippen LogP contribution in [0.2, 0.25) is 0 Å². The number of rotatable bonds is 7. The molecule has 1 aromatic carbocycles. The molecule has 1 amide bonds. The number of carbonyl (C=O) groups is 1. The van der Waals surface area contributed by atoms with Gasteiger partial charge in [-0.25, -0.2) is 4.68 Å². The minimum Gasteiger partial charge on any atom is -0.351 e. The van der Waals surface area contributed by atoms with Gasteiger partial charge in [-0.2, -0.15) is 0 Å². The maximum atomic E-state index is 12.3. The Labute approximate surface area is 142 Å². The molecule has 7 heteroatoms. The molecular weight excluding hydrogens is 304 g/mol. The number of nitrogens with zero attached hydrogens (tertiary/aromatic N) is 5. The highest BCUT2D eigenvalue weighted by atomic mass is 16.2. The topological polar surface area (TPSA) is 75.9 Å². The largest absolute Gasteiger partial charge is 0.351 e. The number of nitrogens with one attached hydrogen (secondary N) is 1. The van der Waals surface area contributed by atoms with Crippen LogP contribution in [-0.2, 0) is 17.9 Å². The van der Waals surface area contributed by atoms with Crippen LogP contribution in [-0.4, -0.2) is 50.1 Å². The van der Waals surface area contributed by atoms with Crippen LogP contribution in [0, 0.1) is 0 Å². The first-order chi connectivity index (χ1) is 11.5. The van der Waals surface area contributed by atoms with E-state index in [1.165, 1.54) is 5.56 Å². The van der Waals surface area contributed by atoms with E-state index in [1.807, 2.05) is 25.2 Å². The van der Waals surface area contributed by atoms with Gasteiger partial charge in [-0.05, 0) is 43.3 Å². The van der Waals surface area contributed by atoms with Crippen LogP contribution in [0.3, 0.4) is 0 Å². The number of aromatic nitrogens is 4. The number of carbonyl (C=O) groups excluding carboxylic acids is 1. The van der Waals surface area contributed by atoms with Crippen molar-refractivity contribution in [3.05, 3.63) is 41.7 Å². The summed E-state index contributed by atoms with van der Waals surface area (Å²) in [7, 11) is 2.01. The summed E-state index contributed by atoms with van der Waals surface area (Å²) in [4.78, 5) is 14.4. The Hall–Kier alpha value is -2.28. The fraction of sp³-hybridized carbons (Fsp3) is 0.529. The van der Waals surface area contributed by atoms with Crippen LogP contribution in [0.1, 0.15) is 37.6 Å². The molecule has 1 aromatic heterocycles. The van der Waals surface area contributed by atoms with Crippen LogP contribution in [0.25, 0.3) is 0 Å². The Morgan fingerprint density at radius 1 is 1.38 bits per heavy atom. The second kappa shape index (κ2) is 7.09. The van der Waals surface area contributed by atoms with Gasteiger partial charge in [0, 0.05) is 18.0 Å². The van der Waals surface area contributed by atoms with Crippen molar-refractivity contribution in [2.24, 2.45) is 0 Å². The Balaban J connectivity index is 1.52. The van der Waals surface area contributed by atoms with Crippen LogP contribution in [0.4, 0.5) is 0 Å². The van der Waals surface area contributed by atoms with E-state index in [0.29, 0.717) is 24.3 Å². The molecule has 1 aliphatic rings. The summed E-state index contributed by atoms with van der Waals surface area (Å²) in [5.41, 5.74) is 1.28. The number of amides is 1. The smallest absolute Gasteiger partial charge is 0.242 e. The van der Waals surface area contributed by atoms with Gasteiger partial charge in [0.25, 0.3) is 0 Å². The van der Waals surface area contributed by atoms with E-state index < -0.39 is 0 Å². The van der Waals surface area contributed by atoms with Gasteiger partial charge in [-0.3, -0.25) is 9.69 Å². The third-order valence-corrected chi connectivity index (χ3v) is 4.54. The number of hydrogen-bond donors (Lipinski definition) is 1. The lowest BCUT2D eigenvalue weighted by Crippen LogP contribution is -2.32. The fourth-order valence-electron chi connectivity index (χ4n) is 2.68. The van der Waals surface area contributed by atoms with E-state index in [9.17, 15) is 4.79 Å². The van der Waals surface area contributed by atoms with E-state index in [1.54, 1.807) is 4.68 Å². The molecule has 2 unspecified atom stereocenters. The van der Waals surface area contributed by atoms with Gasteiger partial charge in [-0.1, -0.05) is 30.3 Å². The fourth-order valence-corrected chi connectivity index (χ4v) is 2.68. The van der Waals surface area contributed by atoms with E-state index in [-0.39, 0.29) is 18.5 Å². The second-order valence-electron chi connectivity index (χ2n) is 6.69. The van der Waals surface area contributed by atoms with Gasteiger partial charge in [0.2, 0.25) is 5.91 Å². The highest BCUT2D eigenvalue weighted by Gasteiger charge is 2.39. The van der Waals surface area contributed by atoms with Crippen LogP contribution in [0.15, 0.2) is 30.3 Å². The summed E-state index contributed by atoms with van der Waals surface area (Å²) < 4.78 is 1.58. The van der Waals surface area contributed by atoms with Crippen molar-refractivity contribution in [3.63, 3.8) is 0 Å². The van der Waals surface area contributed by atoms with Gasteiger partial charge < -0.3 is 5.32 Å². The molecule has 1 aliphatic carbocycles. The Morgan fingerprint density at radius 3 is 2.83 bits per heavy atom. The van der Waals surface area contributed by atoms with Crippen molar-refractivity contribution < 1.29 is 4.79 Å². The third kappa shape index (κ3) is 3.97. The maximum absolute atomic E-state index is 12.3. The number of benzene rings is 1. The molecule has 2 aromatic rings. The average Bonchev–Trinajstić information content (AvgIpc) is 3.19. The predicted octanol–water partition coefficient (Wildman–Crippen LogP) is 1.19. The zero-order valence-corrected chi connectivity index (χ0v) is 14.4. The molecule has 128 valence electrons. The minimum absolute atomic E-state index is 0.0424. The molecule has 2 atom stereocenters. The number of tetrazole rings is 1. The molecule has 0 aliphatic heterocycles. The van der Waals surface area contributed by atoms with Crippen molar-refractivity contribution >= 4 is 5.91 Å². The van der Waals surface area contributed by atoms with E-state index in [2.05, 4.69) is 51.7 Å². The molecule has 0 radical (unpaired) electrons. The molecule has 24 heavy (non-hydrogen) atoms. The zero-order chi connectivity index (χ0) is 17.1. The van der Waals surface area contributed by atoms with Gasteiger partial charge in [0.05, 0.1) is 6.54 Å². The van der Waals surface area contributed by atoms with Crippen LogP contribution >= 0.6 is 0 Å². The standard InChI is InChI=1S/C17H24N6O/c1-12(2)22(3)10-16-19-20-21-23(16)11-17(24)18-15-9-14(15)13-7-5-4-6-8-13/h4-8,12,14-15H,9-11H2,1-3H3,(H,18,24). The van der Waals surface area contributed by atoms with E-state index >= 15 is 0 Å². The van der Waals surface area contributed by atoms with E-state index in [0.717, 1.165) is 6.42 Å². The molecule has 1 saturated carbocycles. The van der Waals surface area contributed by atoms with Gasteiger partial charge in [-0.15, -0.1) is 5.10 Å². The molecule has 1 heterocycles. The minimum atomic E-state index is -0.0424. The Kier molecular flexibility index (Phi) is 4.89. The van der Waals surface area contributed by atoms with Crippen molar-refractivity contribution in [2.45, 2.75) is 51.4 Å². The first-order valence-electron chi connectivity index (χ1n) is 8.34. The Morgan fingerprint density at radius 2 is 2.12 bits per heavy atom. The molecule has 0 saturated heterocycles. The average molecular weight is 328 g/mol. The first kappa shape index (κ1) is 16.6. The summed E-state index contributed by atoms with van der Waals surface area (Å²) in [5.74, 6) is 1.09. The van der Waals surface area contributed by atoms with Crippen molar-refractivity contribution in [1.82, 2.24) is 30.4 Å². The molecule has 0 spiro atoms. The second-order valence-corrected chi connectivity index (χ2v) is 6.69. The summed E-state index contributed by atoms with van der Waals surface area (Å²) in [6.07, 6.45) is 0.994. The Bertz CT molecular complexity index is 683. The van der Waals surface area contributed by atoms with E-state index in [4.69, 9.17) is 0 Å². The molecule has 1 fully saturated rings. The molecule has 3 rings (SSSR count). The molecule has 1 N–H and O–H groups in total. The summed E-state index contributed by atoms with van der Waals surface area (Å²) in [6.45, 7) is 5.00. The normalized spacial score (nSPS) is 19.7. The monoisotopic (exact) mass is 328 g/mol. The van der Waals surface area contributed by atoms with Crippen LogP contribution in [0.5, 0.6) is 0 Å². The number of hydrogen-bond acceptors (Lipinski definition) is 5. The lowest BCUT2D eigenvalue weighted by atomic mass is 10.1. The SMILES string of the molecule is CC(C)N(C)Cc1nnnn1CC(=O)NC1CC1c1ccccc1. The van der Waals surface area contributed by atoms with Gasteiger partial charge in [0.15, 0.2) is 5.82 Å². The third-order valence-electron chi connectivity index (χ3n) is 4.54.